The Bertz CT molecular complexity index is 1770. The number of aldehydes is 1. The van der Waals surface area contributed by atoms with Crippen LogP contribution in [0.15, 0.2) is 94.7 Å². The largest absolute Gasteiger partial charge is 0.508 e. The van der Waals surface area contributed by atoms with Gasteiger partial charge in [-0.2, -0.15) is 0 Å². The van der Waals surface area contributed by atoms with Crippen molar-refractivity contribution in [1.29, 1.82) is 10.8 Å². The molecule has 0 aliphatic carbocycles. The quantitative estimate of drug-likeness (QED) is 0.0325. The molecule has 0 bridgehead atoms. The maximum atomic E-state index is 11.9. The highest BCUT2D eigenvalue weighted by Gasteiger charge is 2.30. The lowest BCUT2D eigenvalue weighted by Gasteiger charge is -2.14. The third-order valence-corrected chi connectivity index (χ3v) is 6.45. The van der Waals surface area contributed by atoms with Crippen molar-refractivity contribution in [3.63, 3.8) is 0 Å². The number of methoxy groups -OCH3 is 1. The zero-order valence-electron chi connectivity index (χ0n) is 23.3. The van der Waals surface area contributed by atoms with Gasteiger partial charge in [-0.05, 0) is 84.9 Å². The highest BCUT2D eigenvalue weighted by molar-refractivity contribution is 7.80. The zero-order valence-corrected chi connectivity index (χ0v) is 25.1. The molecule has 4 aromatic rings. The number of phenolic OH excluding ortho intramolecular Hbond substituents is 2. The average Bonchev–Trinajstić information content (AvgIpc) is 3.04. The van der Waals surface area contributed by atoms with E-state index in [4.69, 9.17) is 30.5 Å². The van der Waals surface area contributed by atoms with Crippen LogP contribution in [0.3, 0.4) is 0 Å². The number of carbonyl (C=O) groups excluding carboxylic acids is 5. The van der Waals surface area contributed by atoms with Gasteiger partial charge in [-0.15, -0.1) is 25.3 Å². The summed E-state index contributed by atoms with van der Waals surface area (Å²) in [5, 5.41) is 32.5. The molecule has 0 atom stereocenters. The lowest BCUT2D eigenvalue weighted by molar-refractivity contribution is -0.127. The Morgan fingerprint density at radius 1 is 0.822 bits per heavy atom. The number of hydrogen-bond donors (Lipinski definition) is 6. The third kappa shape index (κ3) is 8.75. The molecular formula is C32H24N2O9S2. The number of thiol groups is 2. The monoisotopic (exact) mass is 644 g/mol. The van der Waals surface area contributed by atoms with E-state index in [1.54, 1.807) is 42.5 Å². The summed E-state index contributed by atoms with van der Waals surface area (Å²) in [6.45, 7) is 0. The van der Waals surface area contributed by atoms with Gasteiger partial charge < -0.3 is 19.7 Å². The second-order valence-corrected chi connectivity index (χ2v) is 9.98. The molecule has 228 valence electrons. The standard InChI is InChI=1S/C13H10O3.C10H9NO3S.C9H5NO3S/c14-11-5-1-9(2-6-11)13(16)10-3-7-12(15)8-4-10;1-14-9-3-2-6(15)4-7(9)10(13)8(11)5-12;10-7-8(11)5-3-4(14)1-2-6(5)13-9(7)12/h1-8,14-15H;2-5,11,15H,1H3;1-3,10,14H. The molecule has 5 rings (SSSR count). The van der Waals surface area contributed by atoms with Gasteiger partial charge >= 0.3 is 5.97 Å². The first-order valence-corrected chi connectivity index (χ1v) is 13.5. The van der Waals surface area contributed by atoms with Gasteiger partial charge in [0.25, 0.3) is 0 Å². The molecule has 4 N–H and O–H groups in total. The smallest absolute Gasteiger partial charge is 0.365 e. The molecule has 13 heteroatoms. The third-order valence-electron chi connectivity index (χ3n) is 5.89. The van der Waals surface area contributed by atoms with Gasteiger partial charge in [0.15, 0.2) is 17.8 Å². The number of phenols is 2. The summed E-state index contributed by atoms with van der Waals surface area (Å²) in [7, 11) is 1.41. The first-order chi connectivity index (χ1) is 21.4. The molecule has 0 radical (unpaired) electrons. The van der Waals surface area contributed by atoms with Crippen LogP contribution < -0.4 is 9.47 Å². The molecule has 0 unspecified atom stereocenters. The number of nitrogens with one attached hydrogen (secondary N) is 2. The molecule has 1 aliphatic heterocycles. The Hall–Kier alpha value is -5.53. The molecular weight excluding hydrogens is 620 g/mol. The Balaban J connectivity index is 0.000000184. The summed E-state index contributed by atoms with van der Waals surface area (Å²) in [5.74, 6) is -1.57. The fraction of sp³-hybridized carbons (Fsp3) is 0.0312. The van der Waals surface area contributed by atoms with Gasteiger partial charge in [0, 0.05) is 20.9 Å². The van der Waals surface area contributed by atoms with Crippen LogP contribution in [0, 0.1) is 10.8 Å². The molecule has 0 fully saturated rings. The van der Waals surface area contributed by atoms with Crippen molar-refractivity contribution in [3.05, 3.63) is 107 Å². The van der Waals surface area contributed by atoms with Gasteiger partial charge in [0.1, 0.15) is 28.7 Å². The van der Waals surface area contributed by atoms with Crippen LogP contribution in [0.5, 0.6) is 23.0 Å². The van der Waals surface area contributed by atoms with Crippen molar-refractivity contribution in [2.75, 3.05) is 7.11 Å². The summed E-state index contributed by atoms with van der Waals surface area (Å²) >= 11 is 8.11. The van der Waals surface area contributed by atoms with E-state index < -0.39 is 29.0 Å². The molecule has 45 heavy (non-hydrogen) atoms. The molecule has 0 saturated carbocycles. The summed E-state index contributed by atoms with van der Waals surface area (Å²) < 4.78 is 9.70. The van der Waals surface area contributed by atoms with E-state index >= 15 is 0 Å². The lowest BCUT2D eigenvalue weighted by Crippen LogP contribution is -2.32. The number of hydrogen-bond acceptors (Lipinski definition) is 13. The van der Waals surface area contributed by atoms with Crippen LogP contribution in [0.2, 0.25) is 0 Å². The highest BCUT2D eigenvalue weighted by atomic mass is 32.1. The van der Waals surface area contributed by atoms with E-state index in [9.17, 15) is 24.0 Å². The first-order valence-electron chi connectivity index (χ1n) is 12.6. The molecule has 0 amide bonds. The normalized spacial score (nSPS) is 11.4. The molecule has 0 spiro atoms. The lowest BCUT2D eigenvalue weighted by atomic mass is 10.0. The van der Waals surface area contributed by atoms with Crippen molar-refractivity contribution >= 4 is 66.3 Å². The van der Waals surface area contributed by atoms with E-state index in [2.05, 4.69) is 25.3 Å². The van der Waals surface area contributed by atoms with E-state index in [-0.39, 0.29) is 40.4 Å². The summed E-state index contributed by atoms with van der Waals surface area (Å²) in [4.78, 5) is 57.3. The van der Waals surface area contributed by atoms with Crippen molar-refractivity contribution < 1.29 is 43.7 Å². The number of Topliss-reactive ketones (excluding diaryl/α,β-unsaturated/α-hetero) is 2. The number of ether oxygens (including phenoxy) is 2. The van der Waals surface area contributed by atoms with E-state index in [0.29, 0.717) is 26.7 Å². The number of benzene rings is 4. The second kappa shape index (κ2) is 15.3. The van der Waals surface area contributed by atoms with Crippen LogP contribution in [0.1, 0.15) is 36.6 Å². The van der Waals surface area contributed by atoms with E-state index in [0.717, 1.165) is 0 Å². The van der Waals surface area contributed by atoms with Crippen LogP contribution in [-0.4, -0.2) is 58.4 Å². The number of fused-ring (bicyclic) bond motifs is 1. The summed E-state index contributed by atoms with van der Waals surface area (Å²) in [6, 6.07) is 21.4. The van der Waals surface area contributed by atoms with Crippen LogP contribution >= 0.6 is 25.3 Å². The maximum absolute atomic E-state index is 11.9. The molecule has 4 aromatic carbocycles. The van der Waals surface area contributed by atoms with Crippen molar-refractivity contribution in [3.8, 4) is 23.0 Å². The zero-order chi connectivity index (χ0) is 33.3. The SMILES string of the molecule is COc1ccc(S)cc1C(=O)C(=N)C=O.N=C1C(=O)Oc2ccc(S)cc2C1=O.O=C(c1ccc(O)cc1)c1ccc(O)cc1. The minimum absolute atomic E-state index is 0.127. The summed E-state index contributed by atoms with van der Waals surface area (Å²) in [6.07, 6.45) is 0.201. The summed E-state index contributed by atoms with van der Waals surface area (Å²) in [5.41, 5.74) is 0.139. The first kappa shape index (κ1) is 34.0. The average molecular weight is 645 g/mol. The van der Waals surface area contributed by atoms with Crippen LogP contribution in [-0.2, 0) is 9.59 Å². The molecule has 0 saturated heterocycles. The minimum atomic E-state index is -0.908. The molecule has 11 nitrogen and oxygen atoms in total. The second-order valence-electron chi connectivity index (χ2n) is 8.94. The van der Waals surface area contributed by atoms with Gasteiger partial charge in [0.05, 0.1) is 18.2 Å². The van der Waals surface area contributed by atoms with E-state index in [1.807, 2.05) is 0 Å². The molecule has 0 aromatic heterocycles. The minimum Gasteiger partial charge on any atom is -0.508 e. The number of rotatable bonds is 6. The maximum Gasteiger partial charge on any atom is 0.365 e. The van der Waals surface area contributed by atoms with Gasteiger partial charge in [-0.25, -0.2) is 4.79 Å². The highest BCUT2D eigenvalue weighted by Crippen LogP contribution is 2.26. The number of ketones is 3. The van der Waals surface area contributed by atoms with E-state index in [1.165, 1.54) is 49.6 Å². The van der Waals surface area contributed by atoms with Crippen LogP contribution in [0.25, 0.3) is 0 Å². The Morgan fingerprint density at radius 2 is 1.33 bits per heavy atom. The molecule has 1 aliphatic rings. The topological polar surface area (TPSA) is 192 Å². The fourth-order valence-corrected chi connectivity index (χ4v) is 4.03. The van der Waals surface area contributed by atoms with Crippen molar-refractivity contribution in [2.45, 2.75) is 9.79 Å². The van der Waals surface area contributed by atoms with Crippen molar-refractivity contribution in [1.82, 2.24) is 0 Å². The predicted molar refractivity (Wildman–Crippen MR) is 169 cm³/mol. The van der Waals surface area contributed by atoms with Gasteiger partial charge in [-0.3, -0.25) is 30.0 Å². The number of esters is 1. The Morgan fingerprint density at radius 3 is 1.84 bits per heavy atom. The molecule has 1 heterocycles. The predicted octanol–water partition coefficient (Wildman–Crippen LogP) is 4.81. The van der Waals surface area contributed by atoms with Crippen molar-refractivity contribution in [2.24, 2.45) is 0 Å². The number of carbonyl (C=O) groups is 5. The van der Waals surface area contributed by atoms with Gasteiger partial charge in [-0.1, -0.05) is 0 Å². The van der Waals surface area contributed by atoms with Gasteiger partial charge in [0.2, 0.25) is 11.6 Å². The Labute approximate surface area is 267 Å². The van der Waals surface area contributed by atoms with Crippen LogP contribution in [0.4, 0.5) is 0 Å². The fourth-order valence-electron chi connectivity index (χ4n) is 3.63. The number of aromatic hydroxyl groups is 2. The Kier molecular flexibility index (Phi) is 11.5.